The number of aryl methyl sites for hydroxylation is 1. The number of ether oxygens (including phenoxy) is 2. The molecule has 2 N–H and O–H groups in total. The fourth-order valence-corrected chi connectivity index (χ4v) is 2.81. The standard InChI is InChI=1S/C21H21ClN4O4/c1-26-19(18(29-2)12-24-26)20(27)23-11-14-5-9-17(10-6-14)25-21(28)30-13-15-3-7-16(22)8-4-15/h3-10,12H,11,13H2,1-2H3,(H,23,27)(H,25,28). The van der Waals surface area contributed by atoms with Crippen molar-refractivity contribution in [2.45, 2.75) is 13.2 Å². The number of halogens is 1. The number of carbonyl (C=O) groups excluding carboxylic acids is 2. The lowest BCUT2D eigenvalue weighted by Gasteiger charge is -2.09. The predicted molar refractivity (Wildman–Crippen MR) is 113 cm³/mol. The summed E-state index contributed by atoms with van der Waals surface area (Å²) < 4.78 is 11.8. The van der Waals surface area contributed by atoms with Gasteiger partial charge in [0.2, 0.25) is 0 Å². The summed E-state index contributed by atoms with van der Waals surface area (Å²) in [4.78, 5) is 24.3. The van der Waals surface area contributed by atoms with Crippen LogP contribution in [0.3, 0.4) is 0 Å². The minimum atomic E-state index is -0.561. The van der Waals surface area contributed by atoms with Gasteiger partial charge in [0.1, 0.15) is 6.61 Å². The lowest BCUT2D eigenvalue weighted by atomic mass is 10.2. The van der Waals surface area contributed by atoms with Crippen molar-refractivity contribution in [3.63, 3.8) is 0 Å². The van der Waals surface area contributed by atoms with E-state index in [9.17, 15) is 9.59 Å². The molecular weight excluding hydrogens is 408 g/mol. The third-order valence-electron chi connectivity index (χ3n) is 4.28. The van der Waals surface area contributed by atoms with Crippen LogP contribution < -0.4 is 15.4 Å². The maximum absolute atomic E-state index is 12.4. The Morgan fingerprint density at radius 1 is 1.07 bits per heavy atom. The second kappa shape index (κ2) is 9.80. The number of rotatable bonds is 7. The molecule has 0 bridgehead atoms. The van der Waals surface area contributed by atoms with E-state index >= 15 is 0 Å². The summed E-state index contributed by atoms with van der Waals surface area (Å²) >= 11 is 5.83. The molecule has 8 nitrogen and oxygen atoms in total. The van der Waals surface area contributed by atoms with Crippen molar-refractivity contribution in [2.24, 2.45) is 7.05 Å². The van der Waals surface area contributed by atoms with Crippen LogP contribution in [0.2, 0.25) is 5.02 Å². The normalized spacial score (nSPS) is 10.4. The van der Waals surface area contributed by atoms with E-state index in [1.54, 1.807) is 55.6 Å². The Kier molecular flexibility index (Phi) is 6.92. The Morgan fingerprint density at radius 2 is 1.73 bits per heavy atom. The van der Waals surface area contributed by atoms with Crippen molar-refractivity contribution in [2.75, 3.05) is 12.4 Å². The fourth-order valence-electron chi connectivity index (χ4n) is 2.68. The maximum atomic E-state index is 12.4. The second-order valence-electron chi connectivity index (χ2n) is 6.39. The smallest absolute Gasteiger partial charge is 0.411 e. The predicted octanol–water partition coefficient (Wildman–Crippen LogP) is 3.76. The highest BCUT2D eigenvalue weighted by molar-refractivity contribution is 6.30. The molecule has 156 valence electrons. The number of benzene rings is 2. The molecule has 0 saturated carbocycles. The van der Waals surface area contributed by atoms with Gasteiger partial charge < -0.3 is 14.8 Å². The zero-order valence-electron chi connectivity index (χ0n) is 16.5. The number of hydrogen-bond donors (Lipinski definition) is 2. The van der Waals surface area contributed by atoms with Crippen LogP contribution in [0.1, 0.15) is 21.6 Å². The van der Waals surface area contributed by atoms with E-state index in [0.29, 0.717) is 28.7 Å². The monoisotopic (exact) mass is 428 g/mol. The van der Waals surface area contributed by atoms with Crippen molar-refractivity contribution in [3.8, 4) is 5.75 Å². The highest BCUT2D eigenvalue weighted by Gasteiger charge is 2.17. The molecule has 0 saturated heterocycles. The van der Waals surface area contributed by atoms with Crippen LogP contribution >= 0.6 is 11.6 Å². The number of nitrogens with one attached hydrogen (secondary N) is 2. The Bertz CT molecular complexity index is 1020. The SMILES string of the molecule is COc1cnn(C)c1C(=O)NCc1ccc(NC(=O)OCc2ccc(Cl)cc2)cc1. The molecule has 30 heavy (non-hydrogen) atoms. The van der Waals surface area contributed by atoms with Crippen LogP contribution in [-0.2, 0) is 24.9 Å². The van der Waals surface area contributed by atoms with Crippen molar-refractivity contribution < 1.29 is 19.1 Å². The molecule has 1 heterocycles. The first kappa shape index (κ1) is 21.2. The maximum Gasteiger partial charge on any atom is 0.411 e. The molecule has 3 rings (SSSR count). The lowest BCUT2D eigenvalue weighted by Crippen LogP contribution is -2.25. The van der Waals surface area contributed by atoms with E-state index < -0.39 is 6.09 Å². The molecule has 2 aromatic carbocycles. The first-order valence-electron chi connectivity index (χ1n) is 9.07. The van der Waals surface area contributed by atoms with Crippen molar-refractivity contribution in [3.05, 3.63) is 76.6 Å². The molecule has 0 spiro atoms. The van der Waals surface area contributed by atoms with Crippen molar-refractivity contribution in [1.82, 2.24) is 15.1 Å². The van der Waals surface area contributed by atoms with Gasteiger partial charge in [0, 0.05) is 24.3 Å². The molecule has 0 aliphatic heterocycles. The highest BCUT2D eigenvalue weighted by Crippen LogP contribution is 2.17. The Balaban J connectivity index is 1.48. The van der Waals surface area contributed by atoms with Gasteiger partial charge in [-0.25, -0.2) is 4.79 Å². The van der Waals surface area contributed by atoms with Gasteiger partial charge >= 0.3 is 6.09 Å². The molecular formula is C21H21ClN4O4. The third kappa shape index (κ3) is 5.51. The number of anilines is 1. The largest absolute Gasteiger partial charge is 0.493 e. The van der Waals surface area contributed by atoms with E-state index in [0.717, 1.165) is 11.1 Å². The van der Waals surface area contributed by atoms with Crippen molar-refractivity contribution >= 4 is 29.3 Å². The Labute approximate surface area is 178 Å². The molecule has 0 fully saturated rings. The molecule has 0 unspecified atom stereocenters. The number of nitrogens with zero attached hydrogens (tertiary/aromatic N) is 2. The number of carbonyl (C=O) groups is 2. The van der Waals surface area contributed by atoms with E-state index in [2.05, 4.69) is 15.7 Å². The molecule has 3 aromatic rings. The van der Waals surface area contributed by atoms with E-state index in [1.807, 2.05) is 0 Å². The summed E-state index contributed by atoms with van der Waals surface area (Å²) in [7, 11) is 3.16. The van der Waals surface area contributed by atoms with Crippen LogP contribution in [-0.4, -0.2) is 28.9 Å². The molecule has 9 heteroatoms. The molecule has 0 aliphatic rings. The van der Waals surface area contributed by atoms with Gasteiger partial charge in [-0.2, -0.15) is 5.10 Å². The van der Waals surface area contributed by atoms with Crippen LogP contribution in [0.4, 0.5) is 10.5 Å². The van der Waals surface area contributed by atoms with Crippen LogP contribution in [0, 0.1) is 0 Å². The zero-order valence-corrected chi connectivity index (χ0v) is 17.3. The number of aromatic nitrogens is 2. The average molecular weight is 429 g/mol. The third-order valence-corrected chi connectivity index (χ3v) is 4.53. The topological polar surface area (TPSA) is 94.5 Å². The zero-order chi connectivity index (χ0) is 21.5. The van der Waals surface area contributed by atoms with E-state index in [-0.39, 0.29) is 12.5 Å². The summed E-state index contributed by atoms with van der Waals surface area (Å²) in [6, 6.07) is 14.1. The molecule has 0 atom stereocenters. The van der Waals surface area contributed by atoms with Gasteiger partial charge in [0.25, 0.3) is 5.91 Å². The minimum absolute atomic E-state index is 0.143. The van der Waals surface area contributed by atoms with Crippen LogP contribution in [0.15, 0.2) is 54.7 Å². The molecule has 1 aromatic heterocycles. The lowest BCUT2D eigenvalue weighted by molar-refractivity contribution is 0.0938. The average Bonchev–Trinajstić information content (AvgIpc) is 3.13. The van der Waals surface area contributed by atoms with E-state index in [4.69, 9.17) is 21.1 Å². The van der Waals surface area contributed by atoms with E-state index in [1.165, 1.54) is 18.0 Å². The molecule has 0 radical (unpaired) electrons. The highest BCUT2D eigenvalue weighted by atomic mass is 35.5. The number of methoxy groups -OCH3 is 1. The summed E-state index contributed by atoms with van der Waals surface area (Å²) in [6.45, 7) is 0.457. The van der Waals surface area contributed by atoms with Gasteiger partial charge in [-0.15, -0.1) is 0 Å². The number of hydrogen-bond acceptors (Lipinski definition) is 5. The van der Waals surface area contributed by atoms with Crippen molar-refractivity contribution in [1.29, 1.82) is 0 Å². The minimum Gasteiger partial charge on any atom is -0.493 e. The van der Waals surface area contributed by atoms with Gasteiger partial charge in [0.05, 0.1) is 13.3 Å². The van der Waals surface area contributed by atoms with Gasteiger partial charge in [-0.1, -0.05) is 35.9 Å². The van der Waals surface area contributed by atoms with Gasteiger partial charge in [-0.05, 0) is 35.4 Å². The summed E-state index contributed by atoms with van der Waals surface area (Å²) in [5, 5.41) is 10.1. The van der Waals surface area contributed by atoms with Gasteiger partial charge in [-0.3, -0.25) is 14.8 Å². The quantitative estimate of drug-likeness (QED) is 0.597. The summed E-state index contributed by atoms with van der Waals surface area (Å²) in [6.07, 6.45) is 0.927. The summed E-state index contributed by atoms with van der Waals surface area (Å²) in [5.41, 5.74) is 2.63. The molecule has 0 aliphatic carbocycles. The first-order valence-corrected chi connectivity index (χ1v) is 9.45. The summed E-state index contributed by atoms with van der Waals surface area (Å²) in [5.74, 6) is 0.117. The molecule has 2 amide bonds. The Hall–Kier alpha value is -3.52. The fraction of sp³-hybridized carbons (Fsp3) is 0.190. The Morgan fingerprint density at radius 3 is 2.40 bits per heavy atom. The van der Waals surface area contributed by atoms with Gasteiger partial charge in [0.15, 0.2) is 11.4 Å². The van der Waals surface area contributed by atoms with Crippen LogP contribution in [0.5, 0.6) is 5.75 Å². The van der Waals surface area contributed by atoms with Crippen LogP contribution in [0.25, 0.3) is 0 Å². The number of amides is 2. The second-order valence-corrected chi connectivity index (χ2v) is 6.83. The first-order chi connectivity index (χ1) is 14.5.